The molecule has 1 amide bonds. The lowest BCUT2D eigenvalue weighted by Gasteiger charge is -2.17. The van der Waals surface area contributed by atoms with Gasteiger partial charge in [0.05, 0.1) is 17.5 Å². The lowest BCUT2D eigenvalue weighted by atomic mass is 9.97. The van der Waals surface area contributed by atoms with Gasteiger partial charge in [0.25, 0.3) is 5.91 Å². The highest BCUT2D eigenvalue weighted by molar-refractivity contribution is 6.04. The van der Waals surface area contributed by atoms with Crippen LogP contribution in [0.4, 0.5) is 5.82 Å². The van der Waals surface area contributed by atoms with Crippen LogP contribution >= 0.6 is 0 Å². The van der Waals surface area contributed by atoms with Gasteiger partial charge in [-0.3, -0.25) is 4.79 Å². The Morgan fingerprint density at radius 3 is 2.71 bits per heavy atom. The minimum atomic E-state index is -0.972. The molecule has 2 aromatic heterocycles. The third-order valence-corrected chi connectivity index (χ3v) is 5.13. The molecule has 0 unspecified atom stereocenters. The molecule has 0 radical (unpaired) electrons. The van der Waals surface area contributed by atoms with Gasteiger partial charge >= 0.3 is 0 Å². The molecule has 0 atom stereocenters. The Morgan fingerprint density at radius 2 is 1.94 bits per heavy atom. The molecule has 31 heavy (non-hydrogen) atoms. The summed E-state index contributed by atoms with van der Waals surface area (Å²) < 4.78 is 12.8. The zero-order valence-electron chi connectivity index (χ0n) is 17.0. The zero-order valence-corrected chi connectivity index (χ0v) is 17.0. The number of hydrogen-bond acceptors (Lipinski definition) is 6. The number of hydrogen-bond donors (Lipinski definition) is 2. The van der Waals surface area contributed by atoms with Crippen LogP contribution in [0, 0.1) is 0 Å². The van der Waals surface area contributed by atoms with E-state index < -0.39 is 5.60 Å². The Bertz CT molecular complexity index is 1290. The number of nitrogens with zero attached hydrogens (tertiary/aromatic N) is 3. The number of anilines is 1. The van der Waals surface area contributed by atoms with Crippen molar-refractivity contribution < 1.29 is 19.4 Å². The minimum absolute atomic E-state index is 0.157. The van der Waals surface area contributed by atoms with E-state index in [1.807, 2.05) is 18.2 Å². The maximum Gasteiger partial charge on any atom is 0.256 e. The first-order valence-electron chi connectivity index (χ1n) is 9.78. The first-order chi connectivity index (χ1) is 14.9. The van der Waals surface area contributed by atoms with Crippen molar-refractivity contribution >= 4 is 17.4 Å². The number of rotatable bonds is 4. The van der Waals surface area contributed by atoms with Gasteiger partial charge in [0.2, 0.25) is 6.79 Å². The molecule has 2 N–H and O–H groups in total. The molecule has 0 aliphatic carbocycles. The number of aromatic nitrogens is 3. The Kier molecular flexibility index (Phi) is 4.37. The highest BCUT2D eigenvalue weighted by Gasteiger charge is 2.22. The summed E-state index contributed by atoms with van der Waals surface area (Å²) in [7, 11) is 0. The van der Waals surface area contributed by atoms with Gasteiger partial charge in [0, 0.05) is 23.3 Å². The molecule has 0 spiro atoms. The molecule has 0 saturated carbocycles. The second kappa shape index (κ2) is 7.10. The van der Waals surface area contributed by atoms with Crippen molar-refractivity contribution in [3.63, 3.8) is 0 Å². The first-order valence-corrected chi connectivity index (χ1v) is 9.78. The van der Waals surface area contributed by atoms with E-state index in [4.69, 9.17) is 9.47 Å². The smallest absolute Gasteiger partial charge is 0.256 e. The quantitative estimate of drug-likeness (QED) is 0.528. The van der Waals surface area contributed by atoms with Crippen molar-refractivity contribution in [2.75, 3.05) is 12.1 Å². The summed E-state index contributed by atoms with van der Waals surface area (Å²) in [5, 5.41) is 17.3. The Hall–Kier alpha value is -3.91. The summed E-state index contributed by atoms with van der Waals surface area (Å²) in [6, 6.07) is 16.0. The molecule has 4 aromatic rings. The average Bonchev–Trinajstić information content (AvgIpc) is 3.41. The van der Waals surface area contributed by atoms with Crippen LogP contribution in [0.15, 0.2) is 60.8 Å². The first kappa shape index (κ1) is 19.1. The highest BCUT2D eigenvalue weighted by atomic mass is 16.7. The number of amides is 1. The van der Waals surface area contributed by atoms with Crippen LogP contribution < -0.4 is 14.8 Å². The van der Waals surface area contributed by atoms with Gasteiger partial charge in [-0.2, -0.15) is 5.10 Å². The lowest BCUT2D eigenvalue weighted by Crippen LogP contribution is -2.17. The van der Waals surface area contributed by atoms with Crippen molar-refractivity contribution in [1.29, 1.82) is 0 Å². The molecule has 5 rings (SSSR count). The summed E-state index contributed by atoms with van der Waals surface area (Å²) in [5.41, 5.74) is 2.30. The van der Waals surface area contributed by atoms with Gasteiger partial charge in [-0.25, -0.2) is 9.50 Å². The van der Waals surface area contributed by atoms with Gasteiger partial charge < -0.3 is 19.9 Å². The normalized spacial score (nSPS) is 12.9. The van der Waals surface area contributed by atoms with Crippen molar-refractivity contribution in [1.82, 2.24) is 14.6 Å². The number of ether oxygens (including phenoxy) is 2. The van der Waals surface area contributed by atoms with Crippen LogP contribution in [0.3, 0.4) is 0 Å². The Morgan fingerprint density at radius 1 is 1.13 bits per heavy atom. The van der Waals surface area contributed by atoms with Crippen LogP contribution in [0.5, 0.6) is 11.5 Å². The molecular weight excluding hydrogens is 396 g/mol. The van der Waals surface area contributed by atoms with Crippen molar-refractivity contribution in [3.8, 4) is 22.8 Å². The van der Waals surface area contributed by atoms with E-state index in [2.05, 4.69) is 15.4 Å². The Balaban J connectivity index is 1.51. The molecule has 0 fully saturated rings. The average molecular weight is 416 g/mol. The summed E-state index contributed by atoms with van der Waals surface area (Å²) in [4.78, 5) is 17.3. The van der Waals surface area contributed by atoms with E-state index >= 15 is 0 Å². The number of nitrogens with one attached hydrogen (secondary N) is 1. The fourth-order valence-electron chi connectivity index (χ4n) is 3.52. The van der Waals surface area contributed by atoms with E-state index in [0.29, 0.717) is 34.2 Å². The van der Waals surface area contributed by atoms with E-state index in [1.54, 1.807) is 61.0 Å². The standard InChI is InChI=1S/C23H20N4O4/c1-23(2,29)15-8-6-14(7-9-15)22(28)26-19-12-17(27-20(25-19)10-11-24-27)16-4-3-5-18-21(16)31-13-30-18/h3-12,29H,13H2,1-2H3,(H,25,26,28). The predicted octanol–water partition coefficient (Wildman–Crippen LogP) is 3.60. The predicted molar refractivity (Wildman–Crippen MR) is 114 cm³/mol. The van der Waals surface area contributed by atoms with E-state index in [0.717, 1.165) is 11.1 Å². The number of fused-ring (bicyclic) bond motifs is 2. The van der Waals surface area contributed by atoms with Crippen LogP contribution in [-0.2, 0) is 5.60 Å². The van der Waals surface area contributed by atoms with Crippen molar-refractivity contribution in [3.05, 3.63) is 71.9 Å². The Labute approximate surface area is 178 Å². The SMILES string of the molecule is CC(C)(O)c1ccc(C(=O)Nc2cc(-c3cccc4c3OCO4)n3nccc3n2)cc1. The molecule has 1 aliphatic rings. The maximum absolute atomic E-state index is 12.8. The van der Waals surface area contributed by atoms with Crippen LogP contribution in [0.25, 0.3) is 16.9 Å². The molecule has 0 bridgehead atoms. The summed E-state index contributed by atoms with van der Waals surface area (Å²) >= 11 is 0. The van der Waals surface area contributed by atoms with Crippen molar-refractivity contribution in [2.24, 2.45) is 0 Å². The minimum Gasteiger partial charge on any atom is -0.454 e. The topological polar surface area (TPSA) is 98.0 Å². The van der Waals surface area contributed by atoms with Gasteiger partial charge in [-0.1, -0.05) is 18.2 Å². The third kappa shape index (κ3) is 3.47. The maximum atomic E-state index is 12.8. The van der Waals surface area contributed by atoms with Crippen LogP contribution in [0.1, 0.15) is 29.8 Å². The van der Waals surface area contributed by atoms with Crippen LogP contribution in [-0.4, -0.2) is 32.4 Å². The van der Waals surface area contributed by atoms with E-state index in [-0.39, 0.29) is 12.7 Å². The van der Waals surface area contributed by atoms with Crippen LogP contribution in [0.2, 0.25) is 0 Å². The van der Waals surface area contributed by atoms with Gasteiger partial charge in [-0.05, 0) is 43.7 Å². The highest BCUT2D eigenvalue weighted by Crippen LogP contribution is 2.41. The fourth-order valence-corrected chi connectivity index (χ4v) is 3.52. The van der Waals surface area contributed by atoms with Gasteiger partial charge in [-0.15, -0.1) is 0 Å². The van der Waals surface area contributed by atoms with Gasteiger partial charge in [0.15, 0.2) is 17.1 Å². The number of para-hydroxylation sites is 1. The molecule has 156 valence electrons. The largest absolute Gasteiger partial charge is 0.454 e. The molecule has 8 heteroatoms. The van der Waals surface area contributed by atoms with E-state index in [9.17, 15) is 9.90 Å². The molecule has 1 aliphatic heterocycles. The molecule has 3 heterocycles. The molecular formula is C23H20N4O4. The second-order valence-electron chi connectivity index (χ2n) is 7.76. The fraction of sp³-hybridized carbons (Fsp3) is 0.174. The second-order valence-corrected chi connectivity index (χ2v) is 7.76. The number of aliphatic hydroxyl groups is 1. The summed E-state index contributed by atoms with van der Waals surface area (Å²) in [5.74, 6) is 1.37. The summed E-state index contributed by atoms with van der Waals surface area (Å²) in [6.07, 6.45) is 1.65. The molecule has 8 nitrogen and oxygen atoms in total. The molecule has 0 saturated heterocycles. The summed E-state index contributed by atoms with van der Waals surface area (Å²) in [6.45, 7) is 3.55. The zero-order chi connectivity index (χ0) is 21.6. The molecule has 2 aromatic carbocycles. The third-order valence-electron chi connectivity index (χ3n) is 5.13. The van der Waals surface area contributed by atoms with E-state index in [1.165, 1.54) is 0 Å². The monoisotopic (exact) mass is 416 g/mol. The van der Waals surface area contributed by atoms with Gasteiger partial charge in [0.1, 0.15) is 5.82 Å². The number of carbonyl (C=O) groups excluding carboxylic acids is 1. The van der Waals surface area contributed by atoms with Crippen molar-refractivity contribution in [2.45, 2.75) is 19.4 Å². The number of benzene rings is 2. The number of carbonyl (C=O) groups is 1. The lowest BCUT2D eigenvalue weighted by molar-refractivity contribution is 0.0785.